The number of nitrogens with zero attached hydrogens (tertiary/aromatic N) is 5. The number of aromatic nitrogens is 4. The largest absolute Gasteiger partial charge is 0.290 e. The van der Waals surface area contributed by atoms with Crippen LogP contribution in [0.15, 0.2) is 70.8 Å². The van der Waals surface area contributed by atoms with Gasteiger partial charge >= 0.3 is 0 Å². The Kier molecular flexibility index (Phi) is 5.41. The molecule has 0 atom stereocenters. The van der Waals surface area contributed by atoms with Gasteiger partial charge in [-0.1, -0.05) is 36.4 Å². The average Bonchev–Trinajstić information content (AvgIpc) is 3.30. The highest BCUT2D eigenvalue weighted by Crippen LogP contribution is 2.20. The van der Waals surface area contributed by atoms with Gasteiger partial charge < -0.3 is 0 Å². The first kappa shape index (κ1) is 19.8. The molecule has 152 valence electrons. The van der Waals surface area contributed by atoms with Crippen molar-refractivity contribution in [2.45, 2.75) is 13.8 Å². The van der Waals surface area contributed by atoms with Crippen molar-refractivity contribution >= 4 is 12.2 Å². The first-order chi connectivity index (χ1) is 15.1. The number of anilines is 1. The molecule has 0 radical (unpaired) electrons. The summed E-state index contributed by atoms with van der Waals surface area (Å²) in [7, 11) is 0. The molecule has 0 bridgehead atoms. The fourth-order valence-corrected chi connectivity index (χ4v) is 3.32. The molecule has 0 spiro atoms. The van der Waals surface area contributed by atoms with Crippen LogP contribution in [0.4, 0.5) is 5.95 Å². The van der Waals surface area contributed by atoms with E-state index in [1.807, 2.05) is 56.4 Å². The maximum atomic E-state index is 12.4. The van der Waals surface area contributed by atoms with E-state index in [-0.39, 0.29) is 11.5 Å². The van der Waals surface area contributed by atoms with Crippen molar-refractivity contribution in [2.75, 3.05) is 5.43 Å². The third-order valence-electron chi connectivity index (χ3n) is 4.70. The summed E-state index contributed by atoms with van der Waals surface area (Å²) in [4.78, 5) is 19.3. The molecule has 0 unspecified atom stereocenters. The van der Waals surface area contributed by atoms with E-state index >= 15 is 0 Å². The summed E-state index contributed by atoms with van der Waals surface area (Å²) < 4.78 is 1.77. The van der Waals surface area contributed by atoms with E-state index in [0.29, 0.717) is 11.3 Å². The highest BCUT2D eigenvalue weighted by Gasteiger charge is 2.13. The van der Waals surface area contributed by atoms with Crippen LogP contribution in [0, 0.1) is 25.2 Å². The predicted octanol–water partition coefficient (Wildman–Crippen LogP) is 3.56. The SMILES string of the molecule is Cc1cc(C)c(C=NNc2nc(-c3ccccc3)c(C#N)c(=O)[nH]2)c(-n2cccn2)c1. The Morgan fingerprint density at radius 1 is 1.19 bits per heavy atom. The van der Waals surface area contributed by atoms with E-state index in [1.165, 1.54) is 0 Å². The maximum absolute atomic E-state index is 12.4. The molecule has 0 saturated carbocycles. The third kappa shape index (κ3) is 4.11. The molecule has 0 aliphatic heterocycles. The van der Waals surface area contributed by atoms with Gasteiger partial charge in [0.15, 0.2) is 0 Å². The van der Waals surface area contributed by atoms with Crippen molar-refractivity contribution < 1.29 is 0 Å². The van der Waals surface area contributed by atoms with Gasteiger partial charge in [0, 0.05) is 23.5 Å². The van der Waals surface area contributed by atoms with Crippen LogP contribution in [-0.4, -0.2) is 26.0 Å². The van der Waals surface area contributed by atoms with Crippen molar-refractivity contribution in [3.05, 3.63) is 93.5 Å². The zero-order chi connectivity index (χ0) is 21.8. The highest BCUT2D eigenvalue weighted by atomic mass is 16.1. The van der Waals surface area contributed by atoms with Crippen LogP contribution in [-0.2, 0) is 0 Å². The van der Waals surface area contributed by atoms with Crippen LogP contribution in [0.2, 0.25) is 0 Å². The Bertz CT molecular complexity index is 1350. The summed E-state index contributed by atoms with van der Waals surface area (Å²) in [6, 6.07) is 16.9. The van der Waals surface area contributed by atoms with Crippen LogP contribution in [0.25, 0.3) is 16.9 Å². The van der Waals surface area contributed by atoms with Gasteiger partial charge in [0.25, 0.3) is 5.56 Å². The second-order valence-electron chi connectivity index (χ2n) is 6.95. The summed E-state index contributed by atoms with van der Waals surface area (Å²) in [5, 5.41) is 18.0. The summed E-state index contributed by atoms with van der Waals surface area (Å²) >= 11 is 0. The summed E-state index contributed by atoms with van der Waals surface area (Å²) in [6.45, 7) is 4.02. The molecule has 0 saturated heterocycles. The minimum Gasteiger partial charge on any atom is -0.290 e. The zero-order valence-electron chi connectivity index (χ0n) is 17.0. The number of nitriles is 1. The fraction of sp³-hybridized carbons (Fsp3) is 0.0870. The second kappa shape index (κ2) is 8.47. The molecule has 4 rings (SSSR count). The summed E-state index contributed by atoms with van der Waals surface area (Å²) in [6.07, 6.45) is 5.24. The lowest BCUT2D eigenvalue weighted by Crippen LogP contribution is -2.16. The number of H-pyrrole nitrogens is 1. The quantitative estimate of drug-likeness (QED) is 0.387. The number of hydrogen-bond acceptors (Lipinski definition) is 6. The van der Waals surface area contributed by atoms with Gasteiger partial charge in [-0.25, -0.2) is 15.1 Å². The Labute approximate surface area is 178 Å². The number of nitrogens with one attached hydrogen (secondary N) is 2. The summed E-state index contributed by atoms with van der Waals surface area (Å²) in [5.74, 6) is 0.143. The number of benzene rings is 2. The number of aromatic amines is 1. The second-order valence-corrected chi connectivity index (χ2v) is 6.95. The van der Waals surface area contributed by atoms with E-state index < -0.39 is 5.56 Å². The molecule has 0 fully saturated rings. The normalized spacial score (nSPS) is 10.9. The molecular weight excluding hydrogens is 390 g/mol. The van der Waals surface area contributed by atoms with E-state index in [2.05, 4.69) is 31.7 Å². The lowest BCUT2D eigenvalue weighted by atomic mass is 10.0. The summed E-state index contributed by atoms with van der Waals surface area (Å²) in [5.41, 5.74) is 7.08. The zero-order valence-corrected chi connectivity index (χ0v) is 17.0. The van der Waals surface area contributed by atoms with Crippen LogP contribution in [0.1, 0.15) is 22.3 Å². The minimum atomic E-state index is -0.530. The van der Waals surface area contributed by atoms with Crippen molar-refractivity contribution in [3.8, 4) is 23.0 Å². The Hall–Kier alpha value is -4.51. The number of rotatable bonds is 5. The van der Waals surface area contributed by atoms with E-state index in [9.17, 15) is 10.1 Å². The lowest BCUT2D eigenvalue weighted by molar-refractivity contribution is 0.876. The van der Waals surface area contributed by atoms with E-state index in [0.717, 1.165) is 22.4 Å². The third-order valence-corrected chi connectivity index (χ3v) is 4.70. The molecule has 2 N–H and O–H groups in total. The predicted molar refractivity (Wildman–Crippen MR) is 119 cm³/mol. The molecule has 4 aromatic rings. The average molecular weight is 409 g/mol. The Balaban J connectivity index is 1.69. The van der Waals surface area contributed by atoms with Crippen molar-refractivity contribution in [1.29, 1.82) is 5.26 Å². The monoisotopic (exact) mass is 409 g/mol. The van der Waals surface area contributed by atoms with Gasteiger partial charge in [-0.2, -0.15) is 15.5 Å². The molecule has 0 aliphatic rings. The molecule has 31 heavy (non-hydrogen) atoms. The molecular formula is C23H19N7O. The van der Waals surface area contributed by atoms with Gasteiger partial charge in [0.05, 0.1) is 17.6 Å². The molecule has 0 amide bonds. The number of aryl methyl sites for hydroxylation is 2. The molecule has 8 heteroatoms. The smallest absolute Gasteiger partial charge is 0.270 e. The van der Waals surface area contributed by atoms with Crippen molar-refractivity contribution in [3.63, 3.8) is 0 Å². The maximum Gasteiger partial charge on any atom is 0.270 e. The van der Waals surface area contributed by atoms with E-state index in [1.54, 1.807) is 29.2 Å². The van der Waals surface area contributed by atoms with Crippen molar-refractivity contribution in [1.82, 2.24) is 19.7 Å². The van der Waals surface area contributed by atoms with Gasteiger partial charge in [-0.05, 0) is 37.1 Å². The molecule has 2 heterocycles. The molecule has 2 aromatic heterocycles. The highest BCUT2D eigenvalue weighted by molar-refractivity contribution is 5.87. The van der Waals surface area contributed by atoms with E-state index in [4.69, 9.17) is 0 Å². The van der Waals surface area contributed by atoms with Crippen LogP contribution < -0.4 is 11.0 Å². The van der Waals surface area contributed by atoms with Gasteiger partial charge in [-0.3, -0.25) is 9.78 Å². The molecule has 8 nitrogen and oxygen atoms in total. The first-order valence-electron chi connectivity index (χ1n) is 9.57. The minimum absolute atomic E-state index is 0.0453. The first-order valence-corrected chi connectivity index (χ1v) is 9.57. The van der Waals surface area contributed by atoms with Crippen LogP contribution >= 0.6 is 0 Å². The molecule has 0 aliphatic carbocycles. The lowest BCUT2D eigenvalue weighted by Gasteiger charge is -2.11. The fourth-order valence-electron chi connectivity index (χ4n) is 3.32. The molecule has 2 aromatic carbocycles. The number of hydrazone groups is 1. The Morgan fingerprint density at radius 3 is 2.71 bits per heavy atom. The topological polar surface area (TPSA) is 112 Å². The van der Waals surface area contributed by atoms with Gasteiger partial charge in [0.1, 0.15) is 11.6 Å². The standard InChI is InChI=1S/C23H19N7O/c1-15-11-16(2)19(20(12-15)30-10-6-9-26-30)14-25-29-23-27-21(17-7-4-3-5-8-17)18(13-24)22(31)28-23/h3-12,14H,1-2H3,(H2,27,28,29,31). The van der Waals surface area contributed by atoms with Crippen molar-refractivity contribution in [2.24, 2.45) is 5.10 Å². The Morgan fingerprint density at radius 2 is 2.00 bits per heavy atom. The van der Waals surface area contributed by atoms with Crippen LogP contribution in [0.5, 0.6) is 0 Å². The van der Waals surface area contributed by atoms with Gasteiger partial charge in [-0.15, -0.1) is 0 Å². The number of hydrogen-bond donors (Lipinski definition) is 2. The van der Waals surface area contributed by atoms with Crippen LogP contribution in [0.3, 0.4) is 0 Å². The van der Waals surface area contributed by atoms with Gasteiger partial charge in [0.2, 0.25) is 5.95 Å².